The van der Waals surface area contributed by atoms with Gasteiger partial charge in [-0.1, -0.05) is 30.3 Å². The van der Waals surface area contributed by atoms with E-state index in [1.54, 1.807) is 6.08 Å². The summed E-state index contributed by atoms with van der Waals surface area (Å²) in [7, 11) is 2.93. The molecule has 0 aliphatic carbocycles. The highest BCUT2D eigenvalue weighted by molar-refractivity contribution is 6.20. The Kier molecular flexibility index (Phi) is 3.85. The van der Waals surface area contributed by atoms with Gasteiger partial charge in [0.25, 0.3) is 0 Å². The van der Waals surface area contributed by atoms with Gasteiger partial charge in [0.15, 0.2) is 17.3 Å². The van der Waals surface area contributed by atoms with E-state index in [9.17, 15) is 9.59 Å². The molecule has 0 bridgehead atoms. The Morgan fingerprint density at radius 1 is 0.913 bits per heavy atom. The molecule has 2 aromatic carbocycles. The first-order chi connectivity index (χ1) is 11.1. The molecule has 5 heteroatoms. The molecular formula is C18H14O5. The van der Waals surface area contributed by atoms with Crippen LogP contribution in [0.4, 0.5) is 0 Å². The maximum absolute atomic E-state index is 12.6. The Morgan fingerprint density at radius 3 is 2.13 bits per heavy atom. The quantitative estimate of drug-likeness (QED) is 0.644. The van der Waals surface area contributed by atoms with E-state index in [2.05, 4.69) is 0 Å². The largest absolute Gasteiger partial charge is 0.493 e. The van der Waals surface area contributed by atoms with Crippen LogP contribution >= 0.6 is 0 Å². The van der Waals surface area contributed by atoms with Crippen LogP contribution < -0.4 is 9.47 Å². The van der Waals surface area contributed by atoms with Gasteiger partial charge in [-0.05, 0) is 23.8 Å². The van der Waals surface area contributed by atoms with Crippen molar-refractivity contribution in [2.45, 2.75) is 0 Å². The zero-order valence-corrected chi connectivity index (χ0v) is 12.7. The second-order valence-electron chi connectivity index (χ2n) is 4.89. The lowest BCUT2D eigenvalue weighted by Crippen LogP contribution is -2.22. The average molecular weight is 310 g/mol. The number of carbonyl (C=O) groups is 2. The summed E-state index contributed by atoms with van der Waals surface area (Å²) in [4.78, 5) is 24.8. The molecule has 0 N–H and O–H groups in total. The summed E-state index contributed by atoms with van der Waals surface area (Å²) in [6, 6.07) is 12.1. The van der Waals surface area contributed by atoms with Gasteiger partial charge >= 0.3 is 5.97 Å². The molecule has 0 saturated carbocycles. The number of hydrogen-bond donors (Lipinski definition) is 0. The molecule has 0 unspecified atom stereocenters. The summed E-state index contributed by atoms with van der Waals surface area (Å²) in [5, 5.41) is 0. The van der Waals surface area contributed by atoms with Crippen LogP contribution in [0.15, 0.2) is 48.2 Å². The number of carbonyl (C=O) groups excluding carboxylic acids is 2. The van der Waals surface area contributed by atoms with Gasteiger partial charge in [-0.2, -0.15) is 0 Å². The van der Waals surface area contributed by atoms with E-state index in [-0.39, 0.29) is 22.7 Å². The number of hydrogen-bond acceptors (Lipinski definition) is 5. The predicted molar refractivity (Wildman–Crippen MR) is 83.7 cm³/mol. The zero-order valence-electron chi connectivity index (χ0n) is 12.7. The van der Waals surface area contributed by atoms with Crippen molar-refractivity contribution in [1.82, 2.24) is 0 Å². The highest BCUT2D eigenvalue weighted by Gasteiger charge is 2.31. The molecule has 1 aliphatic rings. The van der Waals surface area contributed by atoms with Gasteiger partial charge in [0.05, 0.1) is 19.8 Å². The highest BCUT2D eigenvalue weighted by atomic mass is 16.5. The van der Waals surface area contributed by atoms with Crippen molar-refractivity contribution in [3.8, 4) is 11.5 Å². The van der Waals surface area contributed by atoms with Gasteiger partial charge < -0.3 is 14.2 Å². The molecule has 0 spiro atoms. The van der Waals surface area contributed by atoms with Crippen molar-refractivity contribution in [1.29, 1.82) is 0 Å². The van der Waals surface area contributed by atoms with Gasteiger partial charge in [-0.15, -0.1) is 0 Å². The Balaban J connectivity index is 2.09. The second-order valence-corrected chi connectivity index (χ2v) is 4.89. The Hall–Kier alpha value is -3.08. The summed E-state index contributed by atoms with van der Waals surface area (Å²) < 4.78 is 15.5. The first-order valence-corrected chi connectivity index (χ1v) is 6.93. The molecule has 0 saturated heterocycles. The van der Waals surface area contributed by atoms with E-state index >= 15 is 0 Å². The van der Waals surface area contributed by atoms with Crippen molar-refractivity contribution >= 4 is 17.8 Å². The second kappa shape index (κ2) is 5.96. The van der Waals surface area contributed by atoms with Crippen LogP contribution in [0.1, 0.15) is 26.3 Å². The van der Waals surface area contributed by atoms with Crippen LogP contribution in [0.5, 0.6) is 11.5 Å². The summed E-state index contributed by atoms with van der Waals surface area (Å²) in [6.45, 7) is 0. The minimum atomic E-state index is -0.595. The average Bonchev–Trinajstić information content (AvgIpc) is 2.59. The monoisotopic (exact) mass is 310 g/mol. The summed E-state index contributed by atoms with van der Waals surface area (Å²) in [5.74, 6) is -0.229. The number of Topliss-reactive ketones (excluding diaryl/α,β-unsaturated/α-hetero) is 1. The van der Waals surface area contributed by atoms with Crippen molar-refractivity contribution in [3.63, 3.8) is 0 Å². The van der Waals surface area contributed by atoms with Crippen molar-refractivity contribution in [3.05, 3.63) is 64.9 Å². The molecule has 0 aromatic heterocycles. The number of fused-ring (bicyclic) bond motifs is 1. The number of ketones is 1. The molecule has 0 amide bonds. The minimum absolute atomic E-state index is 0.0130. The van der Waals surface area contributed by atoms with Gasteiger partial charge in [0, 0.05) is 5.56 Å². The Morgan fingerprint density at radius 2 is 1.52 bits per heavy atom. The van der Waals surface area contributed by atoms with Gasteiger partial charge in [0.1, 0.15) is 0 Å². The Labute approximate surface area is 133 Å². The number of allylic oxidation sites excluding steroid dienone is 1. The van der Waals surface area contributed by atoms with E-state index in [0.29, 0.717) is 11.5 Å². The number of esters is 1. The minimum Gasteiger partial charge on any atom is -0.493 e. The van der Waals surface area contributed by atoms with Crippen molar-refractivity contribution < 1.29 is 23.8 Å². The van der Waals surface area contributed by atoms with E-state index in [1.165, 1.54) is 26.4 Å². The van der Waals surface area contributed by atoms with Crippen LogP contribution in [0.25, 0.3) is 6.08 Å². The molecule has 0 atom stereocenters. The normalized spacial score (nSPS) is 15.1. The SMILES string of the molecule is COc1cc2c(cc1OC)C(=O)/C(=C\c1ccccc1)OC2=O. The fourth-order valence-corrected chi connectivity index (χ4v) is 2.37. The fraction of sp³-hybridized carbons (Fsp3) is 0.111. The van der Waals surface area contributed by atoms with E-state index in [4.69, 9.17) is 14.2 Å². The molecule has 1 heterocycles. The predicted octanol–water partition coefficient (Wildman–Crippen LogP) is 3.10. The standard InChI is InChI=1S/C18H14O5/c1-21-14-9-12-13(10-15(14)22-2)18(20)23-16(17(12)19)8-11-6-4-3-5-7-11/h3-10H,1-2H3/b16-8+. The molecular weight excluding hydrogens is 296 g/mol. The fourth-order valence-electron chi connectivity index (χ4n) is 2.37. The zero-order chi connectivity index (χ0) is 16.4. The molecule has 2 aromatic rings. The highest BCUT2D eigenvalue weighted by Crippen LogP contribution is 2.34. The number of rotatable bonds is 3. The topological polar surface area (TPSA) is 61.8 Å². The molecule has 0 radical (unpaired) electrons. The lowest BCUT2D eigenvalue weighted by Gasteiger charge is -2.19. The third-order valence-electron chi connectivity index (χ3n) is 3.51. The molecule has 0 fully saturated rings. The first-order valence-electron chi connectivity index (χ1n) is 6.93. The maximum Gasteiger partial charge on any atom is 0.344 e. The van der Waals surface area contributed by atoms with Crippen molar-refractivity contribution in [2.75, 3.05) is 14.2 Å². The van der Waals surface area contributed by atoms with Crippen LogP contribution in [0.3, 0.4) is 0 Å². The molecule has 5 nitrogen and oxygen atoms in total. The summed E-state index contributed by atoms with van der Waals surface area (Å²) in [6.07, 6.45) is 1.54. The van der Waals surface area contributed by atoms with E-state index in [1.807, 2.05) is 30.3 Å². The third kappa shape index (κ3) is 2.68. The molecule has 1 aliphatic heterocycles. The van der Waals surface area contributed by atoms with E-state index < -0.39 is 5.97 Å². The van der Waals surface area contributed by atoms with Crippen LogP contribution in [-0.2, 0) is 4.74 Å². The van der Waals surface area contributed by atoms with Crippen LogP contribution in [-0.4, -0.2) is 26.0 Å². The van der Waals surface area contributed by atoms with E-state index in [0.717, 1.165) is 5.56 Å². The van der Waals surface area contributed by atoms with Crippen molar-refractivity contribution in [2.24, 2.45) is 0 Å². The number of benzene rings is 2. The first kappa shape index (κ1) is 14.8. The summed E-state index contributed by atoms with van der Waals surface area (Å²) in [5.41, 5.74) is 1.17. The number of ether oxygens (including phenoxy) is 3. The van der Waals surface area contributed by atoms with Crippen LogP contribution in [0, 0.1) is 0 Å². The summed E-state index contributed by atoms with van der Waals surface area (Å²) >= 11 is 0. The van der Waals surface area contributed by atoms with Crippen LogP contribution in [0.2, 0.25) is 0 Å². The lowest BCUT2D eigenvalue weighted by atomic mass is 9.98. The lowest BCUT2D eigenvalue weighted by molar-refractivity contribution is 0.0566. The smallest absolute Gasteiger partial charge is 0.344 e. The molecule has 23 heavy (non-hydrogen) atoms. The molecule has 116 valence electrons. The van der Waals surface area contributed by atoms with Gasteiger partial charge in [0.2, 0.25) is 5.78 Å². The molecule has 3 rings (SSSR count). The third-order valence-corrected chi connectivity index (χ3v) is 3.51. The number of methoxy groups -OCH3 is 2. The Bertz CT molecular complexity index is 806. The maximum atomic E-state index is 12.6. The van der Waals surface area contributed by atoms with Gasteiger partial charge in [-0.3, -0.25) is 4.79 Å². The van der Waals surface area contributed by atoms with Gasteiger partial charge in [-0.25, -0.2) is 4.79 Å². The number of cyclic esters (lactones) is 1.